The summed E-state index contributed by atoms with van der Waals surface area (Å²) in [5.41, 5.74) is 3.66. The number of carbonyl (C=O) groups is 1. The number of nitrogens with zero attached hydrogens (tertiary/aromatic N) is 2. The van der Waals surface area contributed by atoms with E-state index in [1.807, 2.05) is 30.3 Å². The van der Waals surface area contributed by atoms with Gasteiger partial charge in [-0.2, -0.15) is 0 Å². The highest BCUT2D eigenvalue weighted by molar-refractivity contribution is 7.92. The van der Waals surface area contributed by atoms with E-state index >= 15 is 0 Å². The summed E-state index contributed by atoms with van der Waals surface area (Å²) >= 11 is 0. The van der Waals surface area contributed by atoms with E-state index in [0.29, 0.717) is 24.2 Å². The van der Waals surface area contributed by atoms with Crippen LogP contribution in [0.25, 0.3) is 0 Å². The number of halogens is 1. The molecule has 4 rings (SSSR count). The summed E-state index contributed by atoms with van der Waals surface area (Å²) in [7, 11) is -1.63. The summed E-state index contributed by atoms with van der Waals surface area (Å²) in [6.45, 7) is 0.379. The van der Waals surface area contributed by atoms with Crippen LogP contribution in [0.1, 0.15) is 33.1 Å². The van der Waals surface area contributed by atoms with E-state index in [4.69, 9.17) is 0 Å². The van der Waals surface area contributed by atoms with Gasteiger partial charge in [0.15, 0.2) is 0 Å². The highest BCUT2D eigenvalue weighted by atomic mass is 32.2. The van der Waals surface area contributed by atoms with Crippen LogP contribution in [0.15, 0.2) is 72.8 Å². The second kappa shape index (κ2) is 8.15. The molecule has 160 valence electrons. The molecule has 0 fully saturated rings. The Balaban J connectivity index is 1.69. The molecule has 3 aromatic carbocycles. The predicted molar refractivity (Wildman–Crippen MR) is 119 cm³/mol. The lowest BCUT2D eigenvalue weighted by Crippen LogP contribution is -2.32. The van der Waals surface area contributed by atoms with Crippen molar-refractivity contribution in [2.24, 2.45) is 0 Å². The SMILES string of the molecule is CN(C(=O)c1ccc2c(c1)CCN2S(C)(=O)=O)C(c1ccccc1)c1ccc(F)cc1. The fourth-order valence-electron chi connectivity index (χ4n) is 4.09. The molecule has 0 saturated heterocycles. The molecule has 0 spiro atoms. The molecule has 1 unspecified atom stereocenters. The summed E-state index contributed by atoms with van der Waals surface area (Å²) < 4.78 is 38.8. The zero-order chi connectivity index (χ0) is 22.2. The molecule has 3 aromatic rings. The lowest BCUT2D eigenvalue weighted by atomic mass is 9.96. The Morgan fingerprint density at radius 2 is 1.65 bits per heavy atom. The lowest BCUT2D eigenvalue weighted by Gasteiger charge is -2.29. The van der Waals surface area contributed by atoms with Crippen molar-refractivity contribution in [3.8, 4) is 0 Å². The Morgan fingerprint density at radius 1 is 1.00 bits per heavy atom. The number of sulfonamides is 1. The van der Waals surface area contributed by atoms with Gasteiger partial charge < -0.3 is 4.90 Å². The monoisotopic (exact) mass is 438 g/mol. The topological polar surface area (TPSA) is 57.7 Å². The van der Waals surface area contributed by atoms with Crippen LogP contribution in [0.3, 0.4) is 0 Å². The van der Waals surface area contributed by atoms with Gasteiger partial charge in [-0.25, -0.2) is 12.8 Å². The van der Waals surface area contributed by atoms with Crippen molar-refractivity contribution in [2.75, 3.05) is 24.2 Å². The van der Waals surface area contributed by atoms with Crippen molar-refractivity contribution in [2.45, 2.75) is 12.5 Å². The zero-order valence-corrected chi connectivity index (χ0v) is 18.1. The van der Waals surface area contributed by atoms with Crippen molar-refractivity contribution >= 4 is 21.6 Å². The number of carbonyl (C=O) groups excluding carboxylic acids is 1. The first kappa shape index (κ1) is 21.1. The zero-order valence-electron chi connectivity index (χ0n) is 17.3. The van der Waals surface area contributed by atoms with Gasteiger partial charge in [0.05, 0.1) is 18.0 Å². The average Bonchev–Trinajstić information content (AvgIpc) is 3.19. The van der Waals surface area contributed by atoms with Crippen LogP contribution in [0.4, 0.5) is 10.1 Å². The van der Waals surface area contributed by atoms with E-state index in [-0.39, 0.29) is 11.7 Å². The van der Waals surface area contributed by atoms with Crippen LogP contribution in [0.2, 0.25) is 0 Å². The summed E-state index contributed by atoms with van der Waals surface area (Å²) in [5.74, 6) is -0.530. The average molecular weight is 439 g/mol. The standard InChI is InChI=1S/C24H23FN2O3S/c1-26(23(17-6-4-3-5-7-17)18-8-11-21(25)12-9-18)24(28)20-10-13-22-19(16-20)14-15-27(22)31(2,29)30/h3-13,16,23H,14-15H2,1-2H3. The van der Waals surface area contributed by atoms with Crippen molar-refractivity contribution in [1.29, 1.82) is 0 Å². The minimum Gasteiger partial charge on any atom is -0.331 e. The largest absolute Gasteiger partial charge is 0.331 e. The Morgan fingerprint density at radius 3 is 2.29 bits per heavy atom. The first-order chi connectivity index (χ1) is 14.8. The van der Waals surface area contributed by atoms with Crippen LogP contribution >= 0.6 is 0 Å². The van der Waals surface area contributed by atoms with Gasteiger partial charge in [0.2, 0.25) is 10.0 Å². The smallest absolute Gasteiger partial charge is 0.254 e. The lowest BCUT2D eigenvalue weighted by molar-refractivity contribution is 0.0755. The first-order valence-electron chi connectivity index (χ1n) is 9.94. The van der Waals surface area contributed by atoms with Crippen molar-refractivity contribution < 1.29 is 17.6 Å². The Bertz CT molecular complexity index is 1210. The van der Waals surface area contributed by atoms with E-state index in [2.05, 4.69) is 0 Å². The fraction of sp³-hybridized carbons (Fsp3) is 0.208. The van der Waals surface area contributed by atoms with Gasteiger partial charge in [-0.3, -0.25) is 9.10 Å². The van der Waals surface area contributed by atoms with Gasteiger partial charge in [-0.1, -0.05) is 42.5 Å². The molecule has 31 heavy (non-hydrogen) atoms. The Labute approximate surface area is 181 Å². The molecule has 0 aromatic heterocycles. The Hall–Kier alpha value is -3.19. The molecule has 1 atom stereocenters. The molecule has 0 aliphatic carbocycles. The Kier molecular flexibility index (Phi) is 5.54. The van der Waals surface area contributed by atoms with E-state index in [0.717, 1.165) is 16.7 Å². The molecular formula is C24H23FN2O3S. The van der Waals surface area contributed by atoms with Gasteiger partial charge in [0, 0.05) is 19.2 Å². The highest BCUT2D eigenvalue weighted by Gasteiger charge is 2.29. The third-order valence-electron chi connectivity index (χ3n) is 5.59. The molecule has 7 heteroatoms. The number of fused-ring (bicyclic) bond motifs is 1. The summed E-state index contributed by atoms with van der Waals surface area (Å²) in [5, 5.41) is 0. The van der Waals surface area contributed by atoms with Gasteiger partial charge >= 0.3 is 0 Å². The van der Waals surface area contributed by atoms with E-state index in [9.17, 15) is 17.6 Å². The van der Waals surface area contributed by atoms with Crippen molar-refractivity contribution in [1.82, 2.24) is 4.90 Å². The van der Waals surface area contributed by atoms with E-state index in [1.54, 1.807) is 42.3 Å². The summed E-state index contributed by atoms with van der Waals surface area (Å²) in [6.07, 6.45) is 1.75. The fourth-order valence-corrected chi connectivity index (χ4v) is 5.05. The van der Waals surface area contributed by atoms with Crippen molar-refractivity contribution in [3.63, 3.8) is 0 Å². The normalized spacial score (nSPS) is 14.2. The van der Waals surface area contributed by atoms with Gasteiger partial charge in [-0.15, -0.1) is 0 Å². The molecule has 0 saturated carbocycles. The number of amides is 1. The van der Waals surface area contributed by atoms with Crippen LogP contribution < -0.4 is 4.31 Å². The molecule has 0 bridgehead atoms. The number of hydrogen-bond donors (Lipinski definition) is 0. The molecule has 0 N–H and O–H groups in total. The molecular weight excluding hydrogens is 415 g/mol. The summed E-state index contributed by atoms with van der Waals surface area (Å²) in [6, 6.07) is 20.5. The van der Waals surface area contributed by atoms with Gasteiger partial charge in [0.1, 0.15) is 5.82 Å². The maximum absolute atomic E-state index is 13.5. The minimum absolute atomic E-state index is 0.196. The highest BCUT2D eigenvalue weighted by Crippen LogP contribution is 2.33. The van der Waals surface area contributed by atoms with Gasteiger partial charge in [-0.05, 0) is 53.4 Å². The van der Waals surface area contributed by atoms with Crippen molar-refractivity contribution in [3.05, 3.63) is 101 Å². The molecule has 0 radical (unpaired) electrons. The van der Waals surface area contributed by atoms with Crippen LogP contribution in [-0.4, -0.2) is 39.1 Å². The molecule has 1 heterocycles. The third kappa shape index (κ3) is 4.18. The first-order valence-corrected chi connectivity index (χ1v) is 11.8. The second-order valence-electron chi connectivity index (χ2n) is 7.71. The number of anilines is 1. The molecule has 1 aliphatic rings. The number of hydrogen-bond acceptors (Lipinski definition) is 3. The van der Waals surface area contributed by atoms with Gasteiger partial charge in [0.25, 0.3) is 5.91 Å². The summed E-state index contributed by atoms with van der Waals surface area (Å²) in [4.78, 5) is 15.0. The molecule has 1 amide bonds. The number of rotatable bonds is 5. The number of benzene rings is 3. The minimum atomic E-state index is -3.35. The predicted octanol–water partition coefficient (Wildman–Crippen LogP) is 4.01. The quantitative estimate of drug-likeness (QED) is 0.605. The third-order valence-corrected chi connectivity index (χ3v) is 6.77. The van der Waals surface area contributed by atoms with Crippen LogP contribution in [0, 0.1) is 5.82 Å². The molecule has 1 aliphatic heterocycles. The van der Waals surface area contributed by atoms with E-state index in [1.165, 1.54) is 22.7 Å². The second-order valence-corrected chi connectivity index (χ2v) is 9.62. The maximum Gasteiger partial charge on any atom is 0.254 e. The maximum atomic E-state index is 13.5. The van der Waals surface area contributed by atoms with Crippen LogP contribution in [0.5, 0.6) is 0 Å². The molecule has 5 nitrogen and oxygen atoms in total. The van der Waals surface area contributed by atoms with Crippen LogP contribution in [-0.2, 0) is 16.4 Å². The van der Waals surface area contributed by atoms with E-state index < -0.39 is 16.1 Å².